The molecule has 0 unspecified atom stereocenters. The van der Waals surface area contributed by atoms with E-state index in [0.717, 1.165) is 0 Å². The molecule has 2 aromatic heterocycles. The Labute approximate surface area is 80.5 Å². The van der Waals surface area contributed by atoms with E-state index in [-0.39, 0.29) is 0 Å². The maximum Gasteiger partial charge on any atom is 0.00205 e. The molecule has 2 heterocycles. The molecule has 0 aliphatic carbocycles. The molecule has 2 rings (SSSR count). The van der Waals surface area contributed by atoms with Gasteiger partial charge in [-0.05, 0) is 47.9 Å². The summed E-state index contributed by atoms with van der Waals surface area (Å²) in [5.41, 5.74) is 2.73. The van der Waals surface area contributed by atoms with E-state index >= 15 is 0 Å². The third-order valence-electron chi connectivity index (χ3n) is 1.79. The zero-order valence-corrected chi connectivity index (χ0v) is 8.76. The molecule has 2 aromatic rings. The van der Waals surface area contributed by atoms with Gasteiger partial charge in [-0.15, -0.1) is 22.7 Å². The minimum atomic E-state index is 1.36. The van der Waals surface area contributed by atoms with Gasteiger partial charge in [0.15, 0.2) is 0 Å². The van der Waals surface area contributed by atoms with Crippen LogP contribution in [0.1, 0.15) is 9.75 Å². The molecule has 0 N–H and O–H groups in total. The van der Waals surface area contributed by atoms with Crippen molar-refractivity contribution < 1.29 is 0 Å². The van der Waals surface area contributed by atoms with E-state index in [1.165, 1.54) is 20.9 Å². The highest BCUT2D eigenvalue weighted by Crippen LogP contribution is 2.28. The van der Waals surface area contributed by atoms with Gasteiger partial charge in [0.05, 0.1) is 0 Å². The van der Waals surface area contributed by atoms with Gasteiger partial charge in [-0.1, -0.05) is 0 Å². The Bertz CT molecular complexity index is 344. The summed E-state index contributed by atoms with van der Waals surface area (Å²) in [4.78, 5) is 2.77. The van der Waals surface area contributed by atoms with Gasteiger partial charge in [0.1, 0.15) is 0 Å². The average molecular weight is 194 g/mol. The fraction of sp³-hybridized carbons (Fsp3) is 0.200. The van der Waals surface area contributed by atoms with Gasteiger partial charge in [0.2, 0.25) is 0 Å². The Morgan fingerprint density at radius 2 is 1.25 bits per heavy atom. The van der Waals surface area contributed by atoms with Crippen LogP contribution in [0.3, 0.4) is 0 Å². The highest BCUT2D eigenvalue weighted by molar-refractivity contribution is 7.11. The first-order chi connectivity index (χ1) is 5.75. The molecule has 0 atom stereocenters. The van der Waals surface area contributed by atoms with Gasteiger partial charge in [-0.2, -0.15) is 0 Å². The van der Waals surface area contributed by atoms with Crippen molar-refractivity contribution >= 4 is 22.7 Å². The zero-order valence-electron chi connectivity index (χ0n) is 7.13. The molecule has 0 spiro atoms. The molecule has 0 bridgehead atoms. The van der Waals surface area contributed by atoms with Crippen LogP contribution < -0.4 is 0 Å². The first-order valence-electron chi connectivity index (χ1n) is 3.86. The van der Waals surface area contributed by atoms with Gasteiger partial charge in [-0.3, -0.25) is 0 Å². The van der Waals surface area contributed by atoms with E-state index in [4.69, 9.17) is 0 Å². The van der Waals surface area contributed by atoms with Crippen LogP contribution >= 0.6 is 22.7 Å². The monoisotopic (exact) mass is 194 g/mol. The second-order valence-electron chi connectivity index (χ2n) is 2.89. The topological polar surface area (TPSA) is 0 Å². The molecule has 2 heteroatoms. The van der Waals surface area contributed by atoms with Gasteiger partial charge < -0.3 is 0 Å². The van der Waals surface area contributed by atoms with Crippen molar-refractivity contribution in [2.75, 3.05) is 0 Å². The molecule has 0 amide bonds. The minimum Gasteiger partial charge on any atom is -0.149 e. The number of rotatable bonds is 1. The van der Waals surface area contributed by atoms with E-state index in [9.17, 15) is 0 Å². The molecule has 0 saturated heterocycles. The van der Waals surface area contributed by atoms with Crippen molar-refractivity contribution in [1.82, 2.24) is 0 Å². The van der Waals surface area contributed by atoms with Gasteiger partial charge >= 0.3 is 0 Å². The largest absolute Gasteiger partial charge is 0.149 e. The van der Waals surface area contributed by atoms with E-state index in [1.807, 2.05) is 22.7 Å². The fourth-order valence-corrected chi connectivity index (χ4v) is 2.61. The van der Waals surface area contributed by atoms with Crippen LogP contribution in [0.4, 0.5) is 0 Å². The second-order valence-corrected chi connectivity index (χ2v) is 5.12. The molecule has 0 radical (unpaired) electrons. The van der Waals surface area contributed by atoms with E-state index in [2.05, 4.69) is 36.7 Å². The third-order valence-corrected chi connectivity index (χ3v) is 3.52. The maximum absolute atomic E-state index is 2.24. The Kier molecular flexibility index (Phi) is 2.03. The predicted molar refractivity (Wildman–Crippen MR) is 57.1 cm³/mol. The number of hydrogen-bond acceptors (Lipinski definition) is 2. The van der Waals surface area contributed by atoms with Crippen LogP contribution in [-0.2, 0) is 0 Å². The molecule has 0 aliphatic rings. The first kappa shape index (κ1) is 8.02. The number of thiophene rings is 2. The first-order valence-corrected chi connectivity index (χ1v) is 5.62. The Hall–Kier alpha value is -0.600. The highest BCUT2D eigenvalue weighted by Gasteiger charge is 2.00. The molecular weight excluding hydrogens is 184 g/mol. The third kappa shape index (κ3) is 1.45. The zero-order chi connectivity index (χ0) is 8.55. The summed E-state index contributed by atoms with van der Waals surface area (Å²) in [7, 11) is 0. The predicted octanol–water partition coefficient (Wildman–Crippen LogP) is 4.09. The van der Waals surface area contributed by atoms with Crippen LogP contribution in [0.15, 0.2) is 22.9 Å². The molecule has 0 aromatic carbocycles. The van der Waals surface area contributed by atoms with Crippen LogP contribution in [0.2, 0.25) is 0 Å². The van der Waals surface area contributed by atoms with Crippen LogP contribution in [0.25, 0.3) is 11.1 Å². The lowest BCUT2D eigenvalue weighted by atomic mass is 10.2. The van der Waals surface area contributed by atoms with Crippen LogP contribution in [-0.4, -0.2) is 0 Å². The normalized spacial score (nSPS) is 10.5. The highest BCUT2D eigenvalue weighted by atomic mass is 32.1. The molecule has 62 valence electrons. The van der Waals surface area contributed by atoms with Crippen molar-refractivity contribution in [3.8, 4) is 11.1 Å². The number of aryl methyl sites for hydroxylation is 2. The van der Waals surface area contributed by atoms with Crippen molar-refractivity contribution in [3.05, 3.63) is 32.6 Å². The van der Waals surface area contributed by atoms with E-state index in [0.29, 0.717) is 0 Å². The van der Waals surface area contributed by atoms with E-state index in [1.54, 1.807) is 0 Å². The van der Waals surface area contributed by atoms with Crippen molar-refractivity contribution in [1.29, 1.82) is 0 Å². The quantitative estimate of drug-likeness (QED) is 0.641. The summed E-state index contributed by atoms with van der Waals surface area (Å²) >= 11 is 3.63. The molecule has 0 saturated carbocycles. The Morgan fingerprint density at radius 1 is 0.833 bits per heavy atom. The van der Waals surface area contributed by atoms with Gasteiger partial charge in [-0.25, -0.2) is 0 Å². The Balaban J connectivity index is 2.43. The molecule has 12 heavy (non-hydrogen) atoms. The smallest absolute Gasteiger partial charge is 0.00205 e. The summed E-state index contributed by atoms with van der Waals surface area (Å²) in [5.74, 6) is 0. The van der Waals surface area contributed by atoms with Crippen molar-refractivity contribution in [3.63, 3.8) is 0 Å². The van der Waals surface area contributed by atoms with Gasteiger partial charge in [0.25, 0.3) is 0 Å². The standard InChI is InChI=1S/C10H10S2/c1-7-3-9(5-11-7)10-4-8(2)12-6-10/h3-6H,1-2H3. The van der Waals surface area contributed by atoms with Crippen molar-refractivity contribution in [2.24, 2.45) is 0 Å². The lowest BCUT2D eigenvalue weighted by Crippen LogP contribution is -1.64. The fourth-order valence-electron chi connectivity index (χ4n) is 1.19. The lowest BCUT2D eigenvalue weighted by Gasteiger charge is -1.87. The minimum absolute atomic E-state index is 1.36. The summed E-state index contributed by atoms with van der Waals surface area (Å²) in [6, 6.07) is 4.48. The SMILES string of the molecule is Cc1cc(-c2csc(C)c2)cs1. The number of hydrogen-bond donors (Lipinski definition) is 0. The van der Waals surface area contributed by atoms with Gasteiger partial charge in [0, 0.05) is 9.75 Å². The average Bonchev–Trinajstić information content (AvgIpc) is 2.58. The molecule has 0 nitrogen and oxygen atoms in total. The summed E-state index contributed by atoms with van der Waals surface area (Å²) in [5, 5.41) is 4.44. The maximum atomic E-state index is 2.24. The summed E-state index contributed by atoms with van der Waals surface area (Å²) in [6.45, 7) is 4.29. The van der Waals surface area contributed by atoms with Crippen LogP contribution in [0.5, 0.6) is 0 Å². The summed E-state index contributed by atoms with van der Waals surface area (Å²) in [6.07, 6.45) is 0. The summed E-state index contributed by atoms with van der Waals surface area (Å²) < 4.78 is 0. The molecular formula is C10H10S2. The van der Waals surface area contributed by atoms with E-state index < -0.39 is 0 Å². The van der Waals surface area contributed by atoms with Crippen molar-refractivity contribution in [2.45, 2.75) is 13.8 Å². The second kappa shape index (κ2) is 3.04. The van der Waals surface area contributed by atoms with Crippen LogP contribution in [0, 0.1) is 13.8 Å². The lowest BCUT2D eigenvalue weighted by molar-refractivity contribution is 1.61. The molecule has 0 aliphatic heterocycles. The molecule has 0 fully saturated rings. The Morgan fingerprint density at radius 3 is 1.50 bits per heavy atom.